The van der Waals surface area contributed by atoms with Crippen LogP contribution >= 0.6 is 39.7 Å². The lowest BCUT2D eigenvalue weighted by Crippen LogP contribution is -2.13. The summed E-state index contributed by atoms with van der Waals surface area (Å²) in [6.45, 7) is 0. The molecule has 1 aromatic carbocycles. The van der Waals surface area contributed by atoms with Gasteiger partial charge in [0.2, 0.25) is 0 Å². The van der Waals surface area contributed by atoms with Crippen LogP contribution in [0.5, 0.6) is 0 Å². The molecule has 0 saturated heterocycles. The smallest absolute Gasteiger partial charge is 0.320 e. The van der Waals surface area contributed by atoms with Gasteiger partial charge in [0.25, 0.3) is 0 Å². The summed E-state index contributed by atoms with van der Waals surface area (Å²) in [5.74, 6) is 0. The average Bonchev–Trinajstić information content (AvgIpc) is 2.79. The third-order valence-corrected chi connectivity index (χ3v) is 3.67. The summed E-state index contributed by atoms with van der Waals surface area (Å²) in [5.41, 5.74) is 6.51. The number of nitrogens with two attached hydrogens (primary N) is 1. The van der Waals surface area contributed by atoms with Crippen molar-refractivity contribution in [2.75, 3.05) is 0 Å². The van der Waals surface area contributed by atoms with E-state index in [1.54, 1.807) is 6.07 Å². The summed E-state index contributed by atoms with van der Waals surface area (Å²) in [4.78, 5) is 0. The number of hydrogen-bond donors (Lipinski definition) is 1. The third-order valence-electron chi connectivity index (χ3n) is 2.51. The van der Waals surface area contributed by atoms with Crippen molar-refractivity contribution in [3.63, 3.8) is 0 Å². The van der Waals surface area contributed by atoms with Crippen molar-refractivity contribution in [3.8, 4) is 0 Å². The predicted molar refractivity (Wildman–Crippen MR) is 76.7 cm³/mol. The molecule has 0 radical (unpaired) electrons. The Balaban J connectivity index is 0.00000180. The second-order valence-corrected chi connectivity index (χ2v) is 5.50. The van der Waals surface area contributed by atoms with Crippen LogP contribution < -0.4 is 5.73 Å². The first-order chi connectivity index (χ1) is 8.38. The second-order valence-electron chi connectivity index (χ2n) is 3.81. The van der Waals surface area contributed by atoms with Crippen LogP contribution in [0.4, 0.5) is 13.2 Å². The minimum absolute atomic E-state index is 0. The molecule has 0 spiro atoms. The Morgan fingerprint density at radius 2 is 1.84 bits per heavy atom. The minimum atomic E-state index is -4.37. The van der Waals surface area contributed by atoms with Crippen LogP contribution in [-0.4, -0.2) is 0 Å². The Kier molecular flexibility index (Phi) is 5.43. The van der Waals surface area contributed by atoms with Gasteiger partial charge in [0, 0.05) is 4.47 Å². The molecule has 19 heavy (non-hydrogen) atoms. The van der Waals surface area contributed by atoms with Crippen LogP contribution in [0.25, 0.3) is 0 Å². The van der Waals surface area contributed by atoms with E-state index in [4.69, 9.17) is 5.73 Å². The van der Waals surface area contributed by atoms with Gasteiger partial charge in [0.05, 0.1) is 11.6 Å². The molecule has 2 rings (SSSR count). The van der Waals surface area contributed by atoms with Gasteiger partial charge in [-0.2, -0.15) is 24.5 Å². The fourth-order valence-electron chi connectivity index (χ4n) is 1.60. The molecule has 0 aliphatic heterocycles. The van der Waals surface area contributed by atoms with E-state index in [0.29, 0.717) is 10.0 Å². The van der Waals surface area contributed by atoms with Crippen molar-refractivity contribution < 1.29 is 13.2 Å². The molecule has 104 valence electrons. The van der Waals surface area contributed by atoms with E-state index in [1.165, 1.54) is 11.3 Å². The van der Waals surface area contributed by atoms with Crippen molar-refractivity contribution >= 4 is 39.7 Å². The maximum atomic E-state index is 12.7. The van der Waals surface area contributed by atoms with E-state index < -0.39 is 17.8 Å². The lowest BCUT2D eigenvalue weighted by atomic mass is 10.00. The molecule has 1 atom stereocenters. The number of thiophene rings is 1. The number of benzene rings is 1. The summed E-state index contributed by atoms with van der Waals surface area (Å²) in [7, 11) is 0. The van der Waals surface area contributed by atoms with E-state index in [1.807, 2.05) is 16.8 Å². The van der Waals surface area contributed by atoms with E-state index in [-0.39, 0.29) is 12.4 Å². The fourth-order valence-corrected chi connectivity index (χ4v) is 2.81. The molecular formula is C12H10BrClF3NS. The van der Waals surface area contributed by atoms with Crippen molar-refractivity contribution in [1.82, 2.24) is 0 Å². The zero-order valence-corrected chi connectivity index (χ0v) is 12.7. The van der Waals surface area contributed by atoms with E-state index >= 15 is 0 Å². The van der Waals surface area contributed by atoms with Gasteiger partial charge in [0.15, 0.2) is 0 Å². The van der Waals surface area contributed by atoms with E-state index in [2.05, 4.69) is 15.9 Å². The number of halogens is 5. The van der Waals surface area contributed by atoms with Crippen molar-refractivity contribution in [2.45, 2.75) is 12.2 Å². The zero-order valence-electron chi connectivity index (χ0n) is 9.45. The molecule has 0 unspecified atom stereocenters. The first-order valence-electron chi connectivity index (χ1n) is 5.03. The van der Waals surface area contributed by atoms with Crippen LogP contribution in [0, 0.1) is 0 Å². The van der Waals surface area contributed by atoms with Gasteiger partial charge < -0.3 is 5.73 Å². The molecule has 0 amide bonds. The van der Waals surface area contributed by atoms with Crippen LogP contribution in [0.15, 0.2) is 39.5 Å². The highest BCUT2D eigenvalue weighted by Gasteiger charge is 2.31. The molecule has 1 nitrogen and oxygen atoms in total. The molecular weight excluding hydrogens is 363 g/mol. The molecule has 0 aliphatic rings. The first-order valence-corrected chi connectivity index (χ1v) is 6.77. The summed E-state index contributed by atoms with van der Waals surface area (Å²) >= 11 is 4.55. The van der Waals surface area contributed by atoms with E-state index in [9.17, 15) is 13.2 Å². The first kappa shape index (κ1) is 16.5. The van der Waals surface area contributed by atoms with Crippen LogP contribution in [0.2, 0.25) is 0 Å². The van der Waals surface area contributed by atoms with Gasteiger partial charge >= 0.3 is 6.18 Å². The Morgan fingerprint density at radius 3 is 2.37 bits per heavy atom. The van der Waals surface area contributed by atoms with Gasteiger partial charge in [-0.3, -0.25) is 0 Å². The van der Waals surface area contributed by atoms with Gasteiger partial charge in [-0.15, -0.1) is 12.4 Å². The average molecular weight is 373 g/mol. The van der Waals surface area contributed by atoms with Crippen LogP contribution in [-0.2, 0) is 6.18 Å². The van der Waals surface area contributed by atoms with Crippen molar-refractivity contribution in [1.29, 1.82) is 0 Å². The Hall–Kier alpha value is -0.560. The number of rotatable bonds is 2. The minimum Gasteiger partial charge on any atom is -0.320 e. The van der Waals surface area contributed by atoms with Crippen molar-refractivity contribution in [2.24, 2.45) is 5.73 Å². The standard InChI is InChI=1S/C12H9BrF3NS.ClH/c13-10-4-8(3-9(5-10)12(14,15)16)11(17)7-1-2-18-6-7;/h1-6,11H,17H2;1H/t11-;/m0./s1. The lowest BCUT2D eigenvalue weighted by Gasteiger charge is -2.14. The van der Waals surface area contributed by atoms with Gasteiger partial charge in [-0.1, -0.05) is 15.9 Å². The topological polar surface area (TPSA) is 26.0 Å². The highest BCUT2D eigenvalue weighted by atomic mass is 79.9. The SMILES string of the molecule is Cl.N[C@@H](c1ccsc1)c1cc(Br)cc(C(F)(F)F)c1. The maximum absolute atomic E-state index is 12.7. The molecule has 0 saturated carbocycles. The van der Waals surface area contributed by atoms with Gasteiger partial charge in [-0.05, 0) is 46.2 Å². The Bertz CT molecular complexity index is 542. The third kappa shape index (κ3) is 3.95. The van der Waals surface area contributed by atoms with Crippen LogP contribution in [0.1, 0.15) is 22.7 Å². The number of alkyl halides is 3. The van der Waals surface area contributed by atoms with Gasteiger partial charge in [0.1, 0.15) is 0 Å². The second kappa shape index (κ2) is 6.26. The summed E-state index contributed by atoms with van der Waals surface area (Å²) in [5, 5.41) is 3.68. The molecule has 2 N–H and O–H groups in total. The molecule has 0 aliphatic carbocycles. The Morgan fingerprint density at radius 1 is 1.16 bits per heavy atom. The largest absolute Gasteiger partial charge is 0.416 e. The molecule has 0 fully saturated rings. The summed E-state index contributed by atoms with van der Waals surface area (Å²) < 4.78 is 38.5. The highest BCUT2D eigenvalue weighted by Crippen LogP contribution is 2.34. The highest BCUT2D eigenvalue weighted by molar-refractivity contribution is 9.10. The molecule has 2 aromatic rings. The molecule has 7 heteroatoms. The molecule has 1 aromatic heterocycles. The molecule has 0 bridgehead atoms. The van der Waals surface area contributed by atoms with Crippen molar-refractivity contribution in [3.05, 3.63) is 56.2 Å². The molecule has 1 heterocycles. The quantitative estimate of drug-likeness (QED) is 0.789. The zero-order chi connectivity index (χ0) is 13.3. The normalized spacial score (nSPS) is 12.9. The maximum Gasteiger partial charge on any atom is 0.416 e. The fraction of sp³-hybridized carbons (Fsp3) is 0.167. The monoisotopic (exact) mass is 371 g/mol. The summed E-state index contributed by atoms with van der Waals surface area (Å²) in [6, 6.07) is 5.01. The summed E-state index contributed by atoms with van der Waals surface area (Å²) in [6.07, 6.45) is -4.37. The van der Waals surface area contributed by atoms with Crippen LogP contribution in [0.3, 0.4) is 0 Å². The lowest BCUT2D eigenvalue weighted by molar-refractivity contribution is -0.137. The van der Waals surface area contributed by atoms with E-state index in [0.717, 1.165) is 17.7 Å². The Labute approximate surface area is 127 Å². The van der Waals surface area contributed by atoms with Gasteiger partial charge in [-0.25, -0.2) is 0 Å². The number of hydrogen-bond acceptors (Lipinski definition) is 2. The predicted octanol–water partition coefficient (Wildman–Crippen LogP) is 5.00.